The van der Waals surface area contributed by atoms with Crippen molar-refractivity contribution >= 4 is 23.5 Å². The van der Waals surface area contributed by atoms with Gasteiger partial charge in [-0.2, -0.15) is 0 Å². The minimum absolute atomic E-state index is 0.174. The third-order valence-corrected chi connectivity index (χ3v) is 4.57. The Morgan fingerprint density at radius 2 is 1.86 bits per heavy atom. The van der Waals surface area contributed by atoms with Crippen LogP contribution in [0.4, 0.5) is 0 Å². The molecule has 0 atom stereocenters. The van der Waals surface area contributed by atoms with Crippen molar-refractivity contribution in [1.29, 1.82) is 0 Å². The number of methoxy groups -OCH3 is 2. The first-order valence-electron chi connectivity index (χ1n) is 8.93. The van der Waals surface area contributed by atoms with E-state index in [9.17, 15) is 4.79 Å². The van der Waals surface area contributed by atoms with Gasteiger partial charge in [-0.3, -0.25) is 4.79 Å². The lowest BCUT2D eigenvalue weighted by atomic mass is 10.1. The standard InChI is InChI=1S/C23H21ClO5/c1-15-5-4-6-19(24)23(15)28-14-18-9-8-17(29-18)10-11-20(25)16-7-12-21(26-2)22(13-16)27-3/h4-13H,14H2,1-3H3/b11-10+. The molecule has 0 bridgehead atoms. The zero-order valence-electron chi connectivity index (χ0n) is 16.4. The van der Waals surface area contributed by atoms with Gasteiger partial charge in [0.2, 0.25) is 0 Å². The Morgan fingerprint density at radius 3 is 2.59 bits per heavy atom. The van der Waals surface area contributed by atoms with Crippen molar-refractivity contribution in [2.24, 2.45) is 0 Å². The summed E-state index contributed by atoms with van der Waals surface area (Å²) in [5.41, 5.74) is 1.44. The molecule has 0 aliphatic carbocycles. The number of hydrogen-bond acceptors (Lipinski definition) is 5. The summed E-state index contributed by atoms with van der Waals surface area (Å²) in [5, 5.41) is 0.553. The Balaban J connectivity index is 1.65. The smallest absolute Gasteiger partial charge is 0.186 e. The number of halogens is 1. The molecule has 6 heteroatoms. The Hall–Kier alpha value is -3.18. The van der Waals surface area contributed by atoms with E-state index in [1.165, 1.54) is 13.2 Å². The lowest BCUT2D eigenvalue weighted by Gasteiger charge is -2.09. The number of rotatable bonds is 8. The molecule has 0 saturated heterocycles. The van der Waals surface area contributed by atoms with E-state index < -0.39 is 0 Å². The second-order valence-electron chi connectivity index (χ2n) is 6.25. The Morgan fingerprint density at radius 1 is 1.07 bits per heavy atom. The number of ketones is 1. The minimum atomic E-state index is -0.174. The molecule has 0 aliphatic rings. The third-order valence-electron chi connectivity index (χ3n) is 4.27. The number of ether oxygens (including phenoxy) is 3. The molecule has 2 aromatic carbocycles. The highest BCUT2D eigenvalue weighted by Gasteiger charge is 2.10. The molecule has 1 heterocycles. The number of para-hydroxylation sites is 1. The van der Waals surface area contributed by atoms with Crippen molar-refractivity contribution in [3.05, 3.63) is 82.3 Å². The zero-order chi connectivity index (χ0) is 20.8. The average Bonchev–Trinajstić information content (AvgIpc) is 3.19. The van der Waals surface area contributed by atoms with Crippen molar-refractivity contribution in [2.75, 3.05) is 14.2 Å². The summed E-state index contributed by atoms with van der Waals surface area (Å²) in [7, 11) is 3.07. The van der Waals surface area contributed by atoms with Crippen molar-refractivity contribution in [2.45, 2.75) is 13.5 Å². The van der Waals surface area contributed by atoms with Crippen molar-refractivity contribution < 1.29 is 23.4 Å². The molecular formula is C23H21ClO5. The molecule has 0 unspecified atom stereocenters. The van der Waals surface area contributed by atoms with Crippen molar-refractivity contribution in [3.63, 3.8) is 0 Å². The molecule has 0 amide bonds. The maximum absolute atomic E-state index is 12.4. The molecule has 0 saturated carbocycles. The SMILES string of the molecule is COc1ccc(C(=O)/C=C/c2ccc(COc3c(C)cccc3Cl)o2)cc1OC. The molecule has 0 aliphatic heterocycles. The molecule has 5 nitrogen and oxygen atoms in total. The normalized spacial score (nSPS) is 10.9. The van der Waals surface area contributed by atoms with E-state index in [-0.39, 0.29) is 12.4 Å². The van der Waals surface area contributed by atoms with Gasteiger partial charge in [0, 0.05) is 5.56 Å². The van der Waals surface area contributed by atoms with Crippen LogP contribution in [0.3, 0.4) is 0 Å². The van der Waals surface area contributed by atoms with Gasteiger partial charge in [0.05, 0.1) is 19.2 Å². The fourth-order valence-electron chi connectivity index (χ4n) is 2.75. The van der Waals surface area contributed by atoms with E-state index in [2.05, 4.69) is 0 Å². The van der Waals surface area contributed by atoms with Gasteiger partial charge >= 0.3 is 0 Å². The zero-order valence-corrected chi connectivity index (χ0v) is 17.2. The first-order valence-corrected chi connectivity index (χ1v) is 9.30. The topological polar surface area (TPSA) is 57.9 Å². The van der Waals surface area contributed by atoms with Crippen LogP contribution >= 0.6 is 11.6 Å². The number of allylic oxidation sites excluding steroid dienone is 1. The molecule has 0 N–H and O–H groups in total. The molecule has 3 aromatic rings. The lowest BCUT2D eigenvalue weighted by Crippen LogP contribution is -1.97. The predicted molar refractivity (Wildman–Crippen MR) is 112 cm³/mol. The van der Waals surface area contributed by atoms with Crippen LogP contribution in [0.1, 0.15) is 27.4 Å². The first-order chi connectivity index (χ1) is 14.0. The Bertz CT molecular complexity index is 1020. The molecule has 150 valence electrons. The summed E-state index contributed by atoms with van der Waals surface area (Å²) in [4.78, 5) is 12.4. The molecule has 3 rings (SSSR count). The molecule has 0 spiro atoms. The summed E-state index contributed by atoms with van der Waals surface area (Å²) < 4.78 is 21.9. The van der Waals surface area contributed by atoms with Gasteiger partial charge in [0.1, 0.15) is 23.9 Å². The van der Waals surface area contributed by atoms with Crippen molar-refractivity contribution in [1.82, 2.24) is 0 Å². The van der Waals surface area contributed by atoms with E-state index in [4.69, 9.17) is 30.2 Å². The second kappa shape index (κ2) is 9.34. The fourth-order valence-corrected chi connectivity index (χ4v) is 3.02. The molecule has 29 heavy (non-hydrogen) atoms. The van der Waals surface area contributed by atoms with Gasteiger partial charge in [-0.1, -0.05) is 23.7 Å². The van der Waals surface area contributed by atoms with Gasteiger partial charge in [-0.05, 0) is 61.0 Å². The van der Waals surface area contributed by atoms with Gasteiger partial charge in [0.25, 0.3) is 0 Å². The summed E-state index contributed by atoms with van der Waals surface area (Å²) >= 11 is 6.16. The number of benzene rings is 2. The molecule has 0 radical (unpaired) electrons. The van der Waals surface area contributed by atoms with Gasteiger partial charge in [-0.15, -0.1) is 0 Å². The quantitative estimate of drug-likeness (QED) is 0.349. The van der Waals surface area contributed by atoms with Crippen molar-refractivity contribution in [3.8, 4) is 17.2 Å². The maximum Gasteiger partial charge on any atom is 0.186 e. The minimum Gasteiger partial charge on any atom is -0.493 e. The summed E-state index contributed by atoms with van der Waals surface area (Å²) in [6.07, 6.45) is 3.06. The lowest BCUT2D eigenvalue weighted by molar-refractivity contribution is 0.104. The van der Waals surface area contributed by atoms with Crippen LogP contribution in [0.2, 0.25) is 5.02 Å². The van der Waals surface area contributed by atoms with E-state index in [1.54, 1.807) is 49.6 Å². The van der Waals surface area contributed by atoms with Crippen LogP contribution in [-0.4, -0.2) is 20.0 Å². The second-order valence-corrected chi connectivity index (χ2v) is 6.65. The fraction of sp³-hybridized carbons (Fsp3) is 0.174. The molecular weight excluding hydrogens is 392 g/mol. The summed E-state index contributed by atoms with van der Waals surface area (Å²) in [6, 6.07) is 14.2. The summed E-state index contributed by atoms with van der Waals surface area (Å²) in [6.45, 7) is 2.17. The van der Waals surface area contributed by atoms with Gasteiger partial charge in [0.15, 0.2) is 17.3 Å². The Kier molecular flexibility index (Phi) is 6.62. The Labute approximate surface area is 174 Å². The number of hydrogen-bond donors (Lipinski definition) is 0. The molecule has 1 aromatic heterocycles. The summed E-state index contributed by atoms with van der Waals surface area (Å²) in [5.74, 6) is 2.70. The van der Waals surface area contributed by atoms with Gasteiger partial charge in [-0.25, -0.2) is 0 Å². The van der Waals surface area contributed by atoms with Crippen LogP contribution in [0.25, 0.3) is 6.08 Å². The monoisotopic (exact) mass is 412 g/mol. The molecule has 0 fully saturated rings. The highest BCUT2D eigenvalue weighted by molar-refractivity contribution is 6.32. The van der Waals surface area contributed by atoms with Crippen LogP contribution in [-0.2, 0) is 6.61 Å². The number of carbonyl (C=O) groups excluding carboxylic acids is 1. The maximum atomic E-state index is 12.4. The van der Waals surface area contributed by atoms with Gasteiger partial charge < -0.3 is 18.6 Å². The van der Waals surface area contributed by atoms with Crippen LogP contribution < -0.4 is 14.2 Å². The van der Waals surface area contributed by atoms with E-state index in [0.29, 0.717) is 39.4 Å². The van der Waals surface area contributed by atoms with Crippen LogP contribution in [0.5, 0.6) is 17.2 Å². The van der Waals surface area contributed by atoms with E-state index in [1.807, 2.05) is 19.1 Å². The predicted octanol–water partition coefficient (Wildman–Crippen LogP) is 5.73. The number of carbonyl (C=O) groups is 1. The number of furan rings is 1. The van der Waals surface area contributed by atoms with Crippen LogP contribution in [0.15, 0.2) is 59.0 Å². The van der Waals surface area contributed by atoms with Crippen LogP contribution in [0, 0.1) is 6.92 Å². The first kappa shape index (κ1) is 20.6. The van der Waals surface area contributed by atoms with E-state index >= 15 is 0 Å². The van der Waals surface area contributed by atoms with E-state index in [0.717, 1.165) is 5.56 Å². The largest absolute Gasteiger partial charge is 0.493 e. The highest BCUT2D eigenvalue weighted by atomic mass is 35.5. The third kappa shape index (κ3) is 5.00. The highest BCUT2D eigenvalue weighted by Crippen LogP contribution is 2.29. The number of aryl methyl sites for hydroxylation is 1. The average molecular weight is 413 g/mol.